The number of aliphatic hydroxyl groups excluding tert-OH is 4. The SMILES string of the molecule is COc1nc(N)c2ncn([C@@H]3O[C@H]([C@H](O)CO)[C@H](O)[C@H]3O)c2n1. The minimum absolute atomic E-state index is 0.0109. The summed E-state index contributed by atoms with van der Waals surface area (Å²) in [6, 6.07) is 0.0109. The third-order valence-corrected chi connectivity index (χ3v) is 3.73. The van der Waals surface area contributed by atoms with Crippen molar-refractivity contribution in [2.45, 2.75) is 30.6 Å². The lowest BCUT2D eigenvalue weighted by molar-refractivity contribution is -0.0962. The van der Waals surface area contributed by atoms with Crippen LogP contribution in [0.25, 0.3) is 11.2 Å². The summed E-state index contributed by atoms with van der Waals surface area (Å²) < 4.78 is 11.8. The Balaban J connectivity index is 2.02. The second-order valence-electron chi connectivity index (χ2n) is 5.14. The average molecular weight is 327 g/mol. The van der Waals surface area contributed by atoms with Crippen molar-refractivity contribution in [2.75, 3.05) is 19.5 Å². The second kappa shape index (κ2) is 5.86. The van der Waals surface area contributed by atoms with Crippen molar-refractivity contribution in [1.29, 1.82) is 0 Å². The van der Waals surface area contributed by atoms with Gasteiger partial charge in [-0.1, -0.05) is 0 Å². The molecule has 3 rings (SSSR count). The fourth-order valence-corrected chi connectivity index (χ4v) is 2.53. The number of nitrogen functional groups attached to an aromatic ring is 1. The van der Waals surface area contributed by atoms with Crippen molar-refractivity contribution in [3.63, 3.8) is 0 Å². The lowest BCUT2D eigenvalue weighted by Gasteiger charge is -2.18. The van der Waals surface area contributed by atoms with Crippen LogP contribution in [0.5, 0.6) is 6.01 Å². The molecular weight excluding hydrogens is 310 g/mol. The molecular formula is C12H17N5O6. The molecule has 0 aliphatic carbocycles. The Morgan fingerprint density at radius 2 is 2.13 bits per heavy atom. The molecule has 3 heterocycles. The maximum Gasteiger partial charge on any atom is 0.320 e. The monoisotopic (exact) mass is 327 g/mol. The van der Waals surface area contributed by atoms with E-state index in [1.807, 2.05) is 0 Å². The third-order valence-electron chi connectivity index (χ3n) is 3.73. The van der Waals surface area contributed by atoms with E-state index in [1.165, 1.54) is 18.0 Å². The van der Waals surface area contributed by atoms with Gasteiger partial charge >= 0.3 is 6.01 Å². The molecule has 1 saturated heterocycles. The molecule has 5 atom stereocenters. The summed E-state index contributed by atoms with van der Waals surface area (Å²) in [5.74, 6) is 0.0885. The van der Waals surface area contributed by atoms with Gasteiger partial charge in [0.15, 0.2) is 23.2 Å². The van der Waals surface area contributed by atoms with Gasteiger partial charge in [0.1, 0.15) is 24.4 Å². The number of nitrogens with two attached hydrogens (primary N) is 1. The Kier molecular flexibility index (Phi) is 4.04. The van der Waals surface area contributed by atoms with Crippen molar-refractivity contribution >= 4 is 17.0 Å². The lowest BCUT2D eigenvalue weighted by atomic mass is 10.1. The number of aliphatic hydroxyl groups is 4. The van der Waals surface area contributed by atoms with Crippen molar-refractivity contribution in [3.05, 3.63) is 6.33 Å². The van der Waals surface area contributed by atoms with Gasteiger partial charge in [-0.3, -0.25) is 4.57 Å². The molecule has 0 spiro atoms. The fraction of sp³-hybridized carbons (Fsp3) is 0.583. The number of hydrogen-bond acceptors (Lipinski definition) is 10. The molecule has 0 radical (unpaired) electrons. The zero-order chi connectivity index (χ0) is 16.7. The predicted molar refractivity (Wildman–Crippen MR) is 75.3 cm³/mol. The van der Waals surface area contributed by atoms with Crippen molar-refractivity contribution in [1.82, 2.24) is 19.5 Å². The van der Waals surface area contributed by atoms with Crippen molar-refractivity contribution in [2.24, 2.45) is 0 Å². The topological polar surface area (TPSA) is 169 Å². The third kappa shape index (κ3) is 2.48. The number of hydrogen-bond donors (Lipinski definition) is 5. The molecule has 23 heavy (non-hydrogen) atoms. The first-order valence-electron chi connectivity index (χ1n) is 6.82. The van der Waals surface area contributed by atoms with Crippen LogP contribution in [0.4, 0.5) is 5.82 Å². The van der Waals surface area contributed by atoms with E-state index in [-0.39, 0.29) is 23.0 Å². The van der Waals surface area contributed by atoms with Crippen LogP contribution in [0.1, 0.15) is 6.23 Å². The molecule has 6 N–H and O–H groups in total. The number of ether oxygens (including phenoxy) is 2. The summed E-state index contributed by atoms with van der Waals surface area (Å²) in [4.78, 5) is 12.1. The second-order valence-corrected chi connectivity index (χ2v) is 5.14. The molecule has 11 nitrogen and oxygen atoms in total. The zero-order valence-electron chi connectivity index (χ0n) is 12.1. The Morgan fingerprint density at radius 3 is 2.78 bits per heavy atom. The number of methoxy groups -OCH3 is 1. The standard InChI is InChI=1S/C12H17N5O6/c1-22-12-15-9(13)5-10(16-12)17(3-14-5)11-7(21)6(20)8(23-11)4(19)2-18/h3-4,6-8,11,18-21H,2H2,1H3,(H2,13,15,16)/t4-,6-,7-,8-,11-/m1/s1. The summed E-state index contributed by atoms with van der Waals surface area (Å²) in [5.41, 5.74) is 6.29. The number of nitrogens with zero attached hydrogens (tertiary/aromatic N) is 4. The van der Waals surface area contributed by atoms with E-state index in [9.17, 15) is 15.3 Å². The molecule has 1 aliphatic rings. The molecule has 0 bridgehead atoms. The summed E-state index contributed by atoms with van der Waals surface area (Å²) in [5, 5.41) is 38.8. The summed E-state index contributed by atoms with van der Waals surface area (Å²) in [6.45, 7) is -0.616. The van der Waals surface area contributed by atoms with E-state index >= 15 is 0 Å². The summed E-state index contributed by atoms with van der Waals surface area (Å²) in [7, 11) is 1.37. The first-order valence-corrected chi connectivity index (χ1v) is 6.82. The van der Waals surface area contributed by atoms with Gasteiger partial charge in [0, 0.05) is 0 Å². The van der Waals surface area contributed by atoms with Crippen LogP contribution in [0.15, 0.2) is 6.33 Å². The molecule has 2 aromatic rings. The van der Waals surface area contributed by atoms with Gasteiger partial charge in [-0.15, -0.1) is 0 Å². The largest absolute Gasteiger partial charge is 0.467 e. The Hall–Kier alpha value is -2.05. The van der Waals surface area contributed by atoms with Crippen LogP contribution in [-0.4, -0.2) is 78.1 Å². The van der Waals surface area contributed by atoms with Gasteiger partial charge in [-0.05, 0) is 0 Å². The van der Waals surface area contributed by atoms with E-state index in [0.717, 1.165) is 0 Å². The number of imidazole rings is 1. The lowest BCUT2D eigenvalue weighted by Crippen LogP contribution is -2.40. The molecule has 0 amide bonds. The summed E-state index contributed by atoms with van der Waals surface area (Å²) in [6.07, 6.45) is -4.99. The van der Waals surface area contributed by atoms with Crippen LogP contribution in [0.3, 0.4) is 0 Å². The van der Waals surface area contributed by atoms with Crippen LogP contribution in [-0.2, 0) is 4.74 Å². The first-order chi connectivity index (χ1) is 11.0. The highest BCUT2D eigenvalue weighted by atomic mass is 16.6. The molecule has 0 aromatic carbocycles. The molecule has 0 unspecified atom stereocenters. The molecule has 0 saturated carbocycles. The number of rotatable bonds is 4. The molecule has 1 aliphatic heterocycles. The Bertz CT molecular complexity index is 709. The van der Waals surface area contributed by atoms with Gasteiger partial charge in [0.25, 0.3) is 0 Å². The molecule has 1 fully saturated rings. The number of anilines is 1. The van der Waals surface area contributed by atoms with Gasteiger partial charge in [-0.2, -0.15) is 9.97 Å². The Morgan fingerprint density at radius 1 is 1.39 bits per heavy atom. The quantitative estimate of drug-likeness (QED) is 0.401. The molecule has 11 heteroatoms. The first kappa shape index (κ1) is 15.8. The van der Waals surface area contributed by atoms with E-state index in [0.29, 0.717) is 0 Å². The summed E-state index contributed by atoms with van der Waals surface area (Å²) >= 11 is 0. The van der Waals surface area contributed by atoms with Gasteiger partial charge in [0.2, 0.25) is 0 Å². The van der Waals surface area contributed by atoms with E-state index in [4.69, 9.17) is 20.3 Å². The highest BCUT2D eigenvalue weighted by molar-refractivity contribution is 5.82. The minimum Gasteiger partial charge on any atom is -0.467 e. The van der Waals surface area contributed by atoms with E-state index in [2.05, 4.69) is 15.0 Å². The maximum atomic E-state index is 10.2. The van der Waals surface area contributed by atoms with Crippen molar-refractivity contribution < 1.29 is 29.9 Å². The van der Waals surface area contributed by atoms with Gasteiger partial charge in [0.05, 0.1) is 20.0 Å². The fourth-order valence-electron chi connectivity index (χ4n) is 2.53. The molecule has 126 valence electrons. The van der Waals surface area contributed by atoms with Crippen molar-refractivity contribution in [3.8, 4) is 6.01 Å². The van der Waals surface area contributed by atoms with Gasteiger partial charge < -0.3 is 35.6 Å². The minimum atomic E-state index is -1.39. The predicted octanol–water partition coefficient (Wildman–Crippen LogP) is -2.61. The van der Waals surface area contributed by atoms with Crippen LogP contribution in [0, 0.1) is 0 Å². The number of fused-ring (bicyclic) bond motifs is 1. The van der Waals surface area contributed by atoms with Gasteiger partial charge in [-0.25, -0.2) is 4.98 Å². The average Bonchev–Trinajstić information content (AvgIpc) is 3.09. The van der Waals surface area contributed by atoms with E-state index in [1.54, 1.807) is 0 Å². The smallest absolute Gasteiger partial charge is 0.320 e. The van der Waals surface area contributed by atoms with E-state index < -0.39 is 37.3 Å². The zero-order valence-corrected chi connectivity index (χ0v) is 12.1. The van der Waals surface area contributed by atoms with Crippen LogP contribution in [0.2, 0.25) is 0 Å². The molecule has 2 aromatic heterocycles. The highest BCUT2D eigenvalue weighted by Gasteiger charge is 2.47. The van der Waals surface area contributed by atoms with Crippen LogP contribution < -0.4 is 10.5 Å². The Labute approximate surface area is 129 Å². The number of aromatic nitrogens is 4. The van der Waals surface area contributed by atoms with Crippen LogP contribution >= 0.6 is 0 Å². The highest BCUT2D eigenvalue weighted by Crippen LogP contribution is 2.33. The maximum absolute atomic E-state index is 10.2. The normalized spacial score (nSPS) is 29.1.